The summed E-state index contributed by atoms with van der Waals surface area (Å²) in [6.45, 7) is 0. The van der Waals surface area contributed by atoms with Crippen LogP contribution in [0, 0.1) is 10.1 Å². The lowest BCUT2D eigenvalue weighted by Crippen LogP contribution is -1.91. The van der Waals surface area contributed by atoms with E-state index in [2.05, 4.69) is 31.9 Å². The van der Waals surface area contributed by atoms with Crippen LogP contribution in [0.2, 0.25) is 0 Å². The molecule has 0 aliphatic heterocycles. The van der Waals surface area contributed by atoms with E-state index in [1.54, 1.807) is 0 Å². The van der Waals surface area contributed by atoms with Crippen molar-refractivity contribution in [1.29, 1.82) is 0 Å². The predicted molar refractivity (Wildman–Crippen MR) is 73.9 cm³/mol. The van der Waals surface area contributed by atoms with E-state index in [1.807, 2.05) is 0 Å². The van der Waals surface area contributed by atoms with Crippen molar-refractivity contribution in [2.24, 2.45) is 0 Å². The molecule has 0 heterocycles. The zero-order valence-electron chi connectivity index (χ0n) is 15.0. The molecular formula is C12H7Br2NO2. The Morgan fingerprint density at radius 2 is 1.65 bits per heavy atom. The molecule has 2 aromatic carbocycles. The summed E-state index contributed by atoms with van der Waals surface area (Å²) < 4.78 is 54.8. The van der Waals surface area contributed by atoms with Gasteiger partial charge in [-0.2, -0.15) is 0 Å². The number of halogens is 2. The van der Waals surface area contributed by atoms with Gasteiger partial charge in [-0.1, -0.05) is 43.9 Å². The Kier molecular flexibility index (Phi) is 1.79. The molecule has 5 heteroatoms. The third kappa shape index (κ3) is 2.73. The van der Waals surface area contributed by atoms with Crippen LogP contribution in [0.3, 0.4) is 0 Å². The van der Waals surface area contributed by atoms with Crippen molar-refractivity contribution in [2.45, 2.75) is 0 Å². The Bertz CT molecular complexity index is 875. The summed E-state index contributed by atoms with van der Waals surface area (Å²) in [5.41, 5.74) is -1.92. The van der Waals surface area contributed by atoms with E-state index in [9.17, 15) is 10.1 Å². The minimum atomic E-state index is -0.936. The summed E-state index contributed by atoms with van der Waals surface area (Å²) in [7, 11) is 0. The molecule has 0 bridgehead atoms. The second-order valence-corrected chi connectivity index (χ2v) is 4.44. The van der Waals surface area contributed by atoms with Crippen LogP contribution in [0.5, 0.6) is 0 Å². The van der Waals surface area contributed by atoms with Gasteiger partial charge in [-0.3, -0.25) is 10.1 Å². The van der Waals surface area contributed by atoms with Gasteiger partial charge in [0.05, 0.1) is 20.1 Å². The molecule has 0 aliphatic rings. The average Bonchev–Trinajstić information content (AvgIpc) is 2.53. The van der Waals surface area contributed by atoms with Gasteiger partial charge in [0.1, 0.15) is 0 Å². The summed E-state index contributed by atoms with van der Waals surface area (Å²) in [6, 6.07) is -3.98. The Labute approximate surface area is 125 Å². The molecule has 0 aliphatic carbocycles. The fourth-order valence-corrected chi connectivity index (χ4v) is 1.60. The molecular weight excluding hydrogens is 350 g/mol. The highest BCUT2D eigenvalue weighted by molar-refractivity contribution is 9.10. The van der Waals surface area contributed by atoms with Gasteiger partial charge >= 0.3 is 0 Å². The van der Waals surface area contributed by atoms with E-state index >= 15 is 0 Å². The van der Waals surface area contributed by atoms with Crippen molar-refractivity contribution in [1.82, 2.24) is 0 Å². The molecule has 0 amide bonds. The maximum absolute atomic E-state index is 11.4. The van der Waals surface area contributed by atoms with Gasteiger partial charge in [-0.15, -0.1) is 0 Å². The highest BCUT2D eigenvalue weighted by Gasteiger charge is 2.15. The quantitative estimate of drug-likeness (QED) is 0.568. The predicted octanol–water partition coefficient (Wildman–Crippen LogP) is 4.79. The second-order valence-electron chi connectivity index (χ2n) is 2.86. The van der Waals surface area contributed by atoms with Crippen molar-refractivity contribution in [3.05, 3.63) is 61.4 Å². The maximum Gasteiger partial charge on any atom is 0.278 e. The average molecular weight is 364 g/mol. The van der Waals surface area contributed by atoms with Gasteiger partial charge in [0.15, 0.2) is 0 Å². The van der Waals surface area contributed by atoms with Crippen LogP contribution in [0.15, 0.2) is 51.2 Å². The first-order chi connectivity index (χ1) is 11.0. The molecule has 3 nitrogen and oxygen atoms in total. The summed E-state index contributed by atoms with van der Waals surface area (Å²) in [5, 5.41) is 11.4. The Morgan fingerprint density at radius 1 is 1.06 bits per heavy atom. The fourth-order valence-electron chi connectivity index (χ4n) is 1.11. The SMILES string of the molecule is [2H]c1c([2H])c(-c2c([2H])c([2H])c(Br)c([2H])c2[N+](=O)[O-])c([2H])c([2H])c1Br. The second kappa shape index (κ2) is 4.98. The fraction of sp³-hybridized carbons (Fsp3) is 0. The van der Waals surface area contributed by atoms with Gasteiger partial charge in [-0.25, -0.2) is 0 Å². The zero-order valence-corrected chi connectivity index (χ0v) is 11.2. The van der Waals surface area contributed by atoms with Crippen molar-refractivity contribution in [3.8, 4) is 11.1 Å². The van der Waals surface area contributed by atoms with Crippen molar-refractivity contribution < 1.29 is 14.5 Å². The molecule has 0 saturated heterocycles. The lowest BCUT2D eigenvalue weighted by atomic mass is 10.0. The first-order valence-electron chi connectivity index (χ1n) is 7.72. The number of rotatable bonds is 2. The molecule has 2 aromatic rings. The molecule has 0 unspecified atom stereocenters. The first kappa shape index (κ1) is 6.11. The van der Waals surface area contributed by atoms with Crippen LogP contribution < -0.4 is 0 Å². The standard InChI is InChI=1S/C12H7Br2NO2/c13-9-3-1-8(2-4-9)11-6-5-10(14)7-12(11)15(16)17/h1-7H/i1D,2D,3D,4D,5D,6D,7D. The normalized spacial score (nSPS) is 16.0. The zero-order chi connectivity index (χ0) is 18.5. The first-order valence-corrected chi connectivity index (χ1v) is 5.80. The summed E-state index contributed by atoms with van der Waals surface area (Å²) >= 11 is 5.78. The van der Waals surface area contributed by atoms with Crippen LogP contribution in [0.4, 0.5) is 5.69 Å². The molecule has 86 valence electrons. The molecule has 0 radical (unpaired) electrons. The van der Waals surface area contributed by atoms with Crippen LogP contribution in [-0.2, 0) is 0 Å². The molecule has 0 saturated carbocycles. The Morgan fingerprint density at radius 3 is 2.24 bits per heavy atom. The highest BCUT2D eigenvalue weighted by Crippen LogP contribution is 2.32. The topological polar surface area (TPSA) is 43.1 Å². The minimum Gasteiger partial charge on any atom is -0.258 e. The number of hydrogen-bond acceptors (Lipinski definition) is 2. The summed E-state index contributed by atoms with van der Waals surface area (Å²) in [5.74, 6) is 0. The molecule has 0 spiro atoms. The van der Waals surface area contributed by atoms with Crippen LogP contribution in [-0.4, -0.2) is 4.92 Å². The number of nitro benzene ring substituents is 1. The van der Waals surface area contributed by atoms with E-state index in [0.29, 0.717) is 0 Å². The minimum absolute atomic E-state index is 0.121. The molecule has 0 atom stereocenters. The largest absolute Gasteiger partial charge is 0.278 e. The Hall–Kier alpha value is -1.20. The third-order valence-electron chi connectivity index (χ3n) is 1.79. The van der Waals surface area contributed by atoms with Crippen LogP contribution >= 0.6 is 31.9 Å². The summed E-state index contributed by atoms with van der Waals surface area (Å²) in [4.78, 5) is 10.4. The van der Waals surface area contributed by atoms with Gasteiger partial charge in [0, 0.05) is 15.0 Å². The van der Waals surface area contributed by atoms with E-state index < -0.39 is 64.0 Å². The van der Waals surface area contributed by atoms with Gasteiger partial charge in [0.2, 0.25) is 0 Å². The van der Waals surface area contributed by atoms with Crippen molar-refractivity contribution in [3.63, 3.8) is 0 Å². The molecule has 0 aromatic heterocycles. The van der Waals surface area contributed by atoms with Gasteiger partial charge < -0.3 is 0 Å². The molecule has 2 rings (SSSR count). The molecule has 0 N–H and O–H groups in total. The van der Waals surface area contributed by atoms with Gasteiger partial charge in [-0.05, 0) is 29.7 Å². The van der Waals surface area contributed by atoms with E-state index in [-0.39, 0.29) is 8.95 Å². The Balaban J connectivity index is 3.13. The van der Waals surface area contributed by atoms with Crippen molar-refractivity contribution in [2.75, 3.05) is 0 Å². The number of nitro groups is 1. The molecule has 0 fully saturated rings. The maximum atomic E-state index is 11.4. The highest BCUT2D eigenvalue weighted by atomic mass is 79.9. The van der Waals surface area contributed by atoms with Crippen LogP contribution in [0.25, 0.3) is 11.1 Å². The lowest BCUT2D eigenvalue weighted by molar-refractivity contribution is -0.384. The van der Waals surface area contributed by atoms with Gasteiger partial charge in [0.25, 0.3) is 5.69 Å². The van der Waals surface area contributed by atoms with E-state index in [0.717, 1.165) is 0 Å². The monoisotopic (exact) mass is 362 g/mol. The number of hydrogen-bond donors (Lipinski definition) is 0. The van der Waals surface area contributed by atoms with E-state index in [4.69, 9.17) is 9.60 Å². The van der Waals surface area contributed by atoms with E-state index in [1.165, 1.54) is 0 Å². The smallest absolute Gasteiger partial charge is 0.258 e. The summed E-state index contributed by atoms with van der Waals surface area (Å²) in [6.07, 6.45) is 0. The van der Waals surface area contributed by atoms with Crippen LogP contribution in [0.1, 0.15) is 9.60 Å². The number of nitrogens with zero attached hydrogens (tertiary/aromatic N) is 1. The van der Waals surface area contributed by atoms with Crippen molar-refractivity contribution >= 4 is 37.5 Å². The lowest BCUT2D eigenvalue weighted by Gasteiger charge is -2.04. The number of benzene rings is 2. The third-order valence-corrected chi connectivity index (χ3v) is 2.58. The molecule has 17 heavy (non-hydrogen) atoms.